The molecule has 0 bridgehead atoms. The molecular weight excluding hydrogens is 565 g/mol. The van der Waals surface area contributed by atoms with E-state index in [0.29, 0.717) is 18.7 Å². The first-order valence-corrected chi connectivity index (χ1v) is 14.4. The molecular formula is C25H34IN3O4S. The fraction of sp³-hybridized carbons (Fsp3) is 0.440. The Balaban J connectivity index is 2.39. The van der Waals surface area contributed by atoms with Gasteiger partial charge in [-0.1, -0.05) is 50.1 Å². The number of anilines is 1. The largest absolute Gasteiger partial charge is 0.354 e. The highest BCUT2D eigenvalue weighted by Gasteiger charge is 2.31. The molecule has 2 amide bonds. The number of aryl methyl sites for hydroxylation is 1. The molecule has 2 aromatic carbocycles. The number of halogens is 1. The summed E-state index contributed by atoms with van der Waals surface area (Å²) >= 11 is 2.14. The lowest BCUT2D eigenvalue weighted by molar-refractivity contribution is -0.140. The van der Waals surface area contributed by atoms with Crippen LogP contribution in [0.25, 0.3) is 0 Å². The van der Waals surface area contributed by atoms with Crippen molar-refractivity contribution < 1.29 is 18.0 Å². The Hall–Kier alpha value is -2.14. The first kappa shape index (κ1) is 28.1. The summed E-state index contributed by atoms with van der Waals surface area (Å²) < 4.78 is 27.2. The van der Waals surface area contributed by atoms with Crippen LogP contribution in [0.5, 0.6) is 0 Å². The molecule has 0 heterocycles. The van der Waals surface area contributed by atoms with Gasteiger partial charge in [0.05, 0.1) is 11.9 Å². The van der Waals surface area contributed by atoms with Crippen LogP contribution in [0.3, 0.4) is 0 Å². The minimum atomic E-state index is -3.73. The van der Waals surface area contributed by atoms with E-state index >= 15 is 0 Å². The van der Waals surface area contributed by atoms with Gasteiger partial charge in [0.15, 0.2) is 0 Å². The van der Waals surface area contributed by atoms with Crippen LogP contribution in [0.4, 0.5) is 5.69 Å². The number of carbonyl (C=O) groups excluding carboxylic acids is 2. The van der Waals surface area contributed by atoms with Gasteiger partial charge in [0.25, 0.3) is 0 Å². The minimum Gasteiger partial charge on any atom is -0.354 e. The fourth-order valence-corrected chi connectivity index (χ4v) is 4.86. The molecule has 0 aliphatic heterocycles. The Bertz CT molecular complexity index is 1070. The molecule has 1 N–H and O–H groups in total. The Morgan fingerprint density at radius 2 is 1.76 bits per heavy atom. The van der Waals surface area contributed by atoms with E-state index in [2.05, 4.69) is 27.9 Å². The summed E-state index contributed by atoms with van der Waals surface area (Å²) in [5.74, 6) is -0.653. The van der Waals surface area contributed by atoms with Crippen molar-refractivity contribution >= 4 is 50.1 Å². The SMILES string of the molecule is CCCCNC(=O)[C@H](CC)N(Cc1cccc(C)c1)C(=O)CN(c1ccc(I)cc1)S(C)(=O)=O. The van der Waals surface area contributed by atoms with Crippen molar-refractivity contribution in [3.63, 3.8) is 0 Å². The highest BCUT2D eigenvalue weighted by Crippen LogP contribution is 2.21. The van der Waals surface area contributed by atoms with Gasteiger partial charge in [-0.2, -0.15) is 0 Å². The molecule has 186 valence electrons. The normalized spacial score (nSPS) is 12.1. The van der Waals surface area contributed by atoms with E-state index in [1.54, 1.807) is 24.3 Å². The highest BCUT2D eigenvalue weighted by atomic mass is 127. The first-order chi connectivity index (χ1) is 16.1. The zero-order valence-corrected chi connectivity index (χ0v) is 23.2. The van der Waals surface area contributed by atoms with Gasteiger partial charge in [-0.25, -0.2) is 8.42 Å². The Morgan fingerprint density at radius 3 is 2.32 bits per heavy atom. The molecule has 34 heavy (non-hydrogen) atoms. The topological polar surface area (TPSA) is 86.8 Å². The van der Waals surface area contributed by atoms with Crippen LogP contribution in [0.15, 0.2) is 48.5 Å². The molecule has 1 atom stereocenters. The van der Waals surface area contributed by atoms with E-state index in [-0.39, 0.29) is 19.0 Å². The molecule has 0 fully saturated rings. The number of hydrogen-bond donors (Lipinski definition) is 1. The molecule has 0 saturated heterocycles. The van der Waals surface area contributed by atoms with Gasteiger partial charge in [0.2, 0.25) is 21.8 Å². The second kappa shape index (κ2) is 13.1. The van der Waals surface area contributed by atoms with Gasteiger partial charge in [-0.15, -0.1) is 0 Å². The zero-order valence-electron chi connectivity index (χ0n) is 20.3. The summed E-state index contributed by atoms with van der Waals surface area (Å²) in [6.45, 7) is 6.23. The third kappa shape index (κ3) is 8.26. The van der Waals surface area contributed by atoms with Crippen molar-refractivity contribution in [1.29, 1.82) is 0 Å². The summed E-state index contributed by atoms with van der Waals surface area (Å²) in [4.78, 5) is 28.1. The monoisotopic (exact) mass is 599 g/mol. The number of benzene rings is 2. The van der Waals surface area contributed by atoms with Gasteiger partial charge in [-0.05, 0) is 72.2 Å². The lowest BCUT2D eigenvalue weighted by Gasteiger charge is -2.33. The van der Waals surface area contributed by atoms with Gasteiger partial charge in [0, 0.05) is 16.7 Å². The molecule has 9 heteroatoms. The number of sulfonamides is 1. The van der Waals surface area contributed by atoms with Gasteiger partial charge in [-0.3, -0.25) is 13.9 Å². The fourth-order valence-electron chi connectivity index (χ4n) is 3.65. The van der Waals surface area contributed by atoms with E-state index in [1.807, 2.05) is 45.0 Å². The summed E-state index contributed by atoms with van der Waals surface area (Å²) in [6, 6.07) is 14.0. The maximum absolute atomic E-state index is 13.6. The number of hydrogen-bond acceptors (Lipinski definition) is 4. The van der Waals surface area contributed by atoms with Crippen molar-refractivity contribution in [3.8, 4) is 0 Å². The van der Waals surface area contributed by atoms with Crippen molar-refractivity contribution in [2.45, 2.75) is 52.6 Å². The quantitative estimate of drug-likeness (QED) is 0.294. The second-order valence-corrected chi connectivity index (χ2v) is 11.5. The lowest BCUT2D eigenvalue weighted by Crippen LogP contribution is -2.52. The van der Waals surface area contributed by atoms with Crippen LogP contribution in [-0.4, -0.2) is 50.5 Å². The minimum absolute atomic E-state index is 0.213. The van der Waals surface area contributed by atoms with Crippen LogP contribution in [0.2, 0.25) is 0 Å². The Kier molecular flexibility index (Phi) is 10.8. The van der Waals surface area contributed by atoms with Crippen molar-refractivity contribution in [2.24, 2.45) is 0 Å². The molecule has 0 radical (unpaired) electrons. The zero-order chi connectivity index (χ0) is 25.3. The maximum Gasteiger partial charge on any atom is 0.244 e. The molecule has 2 aromatic rings. The number of nitrogens with one attached hydrogen (secondary N) is 1. The van der Waals surface area contributed by atoms with Crippen molar-refractivity contribution in [3.05, 3.63) is 63.2 Å². The number of amides is 2. The molecule has 0 aromatic heterocycles. The Labute approximate surface area is 217 Å². The van der Waals surface area contributed by atoms with Crippen LogP contribution in [-0.2, 0) is 26.2 Å². The molecule has 7 nitrogen and oxygen atoms in total. The summed E-state index contributed by atoms with van der Waals surface area (Å²) in [7, 11) is -3.73. The predicted octanol–water partition coefficient (Wildman–Crippen LogP) is 4.09. The second-order valence-electron chi connectivity index (χ2n) is 8.33. The molecule has 2 rings (SSSR count). The summed E-state index contributed by atoms with van der Waals surface area (Å²) in [5.41, 5.74) is 2.34. The van der Waals surface area contributed by atoms with Crippen LogP contribution in [0.1, 0.15) is 44.2 Å². The summed E-state index contributed by atoms with van der Waals surface area (Å²) in [6.07, 6.45) is 3.29. The van der Waals surface area contributed by atoms with E-state index in [9.17, 15) is 18.0 Å². The first-order valence-electron chi connectivity index (χ1n) is 11.4. The third-order valence-electron chi connectivity index (χ3n) is 5.44. The number of rotatable bonds is 12. The lowest BCUT2D eigenvalue weighted by atomic mass is 10.1. The molecule has 0 saturated carbocycles. The van der Waals surface area contributed by atoms with E-state index in [4.69, 9.17) is 0 Å². The molecule has 0 unspecified atom stereocenters. The maximum atomic E-state index is 13.6. The third-order valence-corrected chi connectivity index (χ3v) is 7.30. The Morgan fingerprint density at radius 1 is 1.09 bits per heavy atom. The van der Waals surface area contributed by atoms with E-state index < -0.39 is 22.0 Å². The van der Waals surface area contributed by atoms with Gasteiger partial charge >= 0.3 is 0 Å². The molecule has 0 aliphatic rings. The van der Waals surface area contributed by atoms with Crippen LogP contribution in [0, 0.1) is 10.5 Å². The molecule has 0 spiro atoms. The number of unbranched alkanes of at least 4 members (excludes halogenated alkanes) is 1. The van der Waals surface area contributed by atoms with Crippen molar-refractivity contribution in [1.82, 2.24) is 10.2 Å². The number of nitrogens with zero attached hydrogens (tertiary/aromatic N) is 2. The molecule has 0 aliphatic carbocycles. The van der Waals surface area contributed by atoms with E-state index in [1.165, 1.54) is 4.90 Å². The van der Waals surface area contributed by atoms with Crippen LogP contribution < -0.4 is 9.62 Å². The van der Waals surface area contributed by atoms with E-state index in [0.717, 1.165) is 38.1 Å². The average Bonchev–Trinajstić information content (AvgIpc) is 2.77. The standard InChI is InChI=1S/C25H34IN3O4S/c1-5-7-15-27-25(31)23(6-2)28(17-20-10-8-9-19(3)16-20)24(30)18-29(34(4,32)33)22-13-11-21(26)12-14-22/h8-14,16,23H,5-7,15,17-18H2,1-4H3,(H,27,31)/t23-/m0/s1. The van der Waals surface area contributed by atoms with Crippen LogP contribution >= 0.6 is 22.6 Å². The average molecular weight is 600 g/mol. The summed E-state index contributed by atoms with van der Waals surface area (Å²) in [5, 5.41) is 2.92. The van der Waals surface area contributed by atoms with Gasteiger partial charge in [0.1, 0.15) is 12.6 Å². The predicted molar refractivity (Wildman–Crippen MR) is 145 cm³/mol. The smallest absolute Gasteiger partial charge is 0.244 e. The highest BCUT2D eigenvalue weighted by molar-refractivity contribution is 14.1. The number of carbonyl (C=O) groups is 2. The van der Waals surface area contributed by atoms with Crippen molar-refractivity contribution in [2.75, 3.05) is 23.7 Å². The van der Waals surface area contributed by atoms with Gasteiger partial charge < -0.3 is 10.2 Å².